The first kappa shape index (κ1) is 26.6. The maximum atomic E-state index is 14.7. The SMILES string of the molecule is O=C(O)CC(F)(F)C(=O)N1N=C(c2c(-c3ccc(Br)cc3)c3cccnc3[nH]c2=O)CC1c1ccc(Cl)cc1. The number of rotatable bonds is 6. The number of carbonyl (C=O) groups excluding carboxylic acids is 1. The van der Waals surface area contributed by atoms with Crippen LogP contribution in [0, 0.1) is 0 Å². The number of carboxylic acid groups (broad SMARTS) is 1. The summed E-state index contributed by atoms with van der Waals surface area (Å²) in [5.41, 5.74) is 1.46. The van der Waals surface area contributed by atoms with Crippen LogP contribution in [0.1, 0.15) is 30.0 Å². The van der Waals surface area contributed by atoms with E-state index >= 15 is 0 Å². The van der Waals surface area contributed by atoms with Gasteiger partial charge in [0, 0.05) is 33.1 Å². The van der Waals surface area contributed by atoms with Crippen LogP contribution in [0.15, 0.2) is 81.2 Å². The van der Waals surface area contributed by atoms with Crippen LogP contribution < -0.4 is 5.56 Å². The second-order valence-corrected chi connectivity index (χ2v) is 10.2. The third kappa shape index (κ3) is 5.19. The molecule has 12 heteroatoms. The Bertz CT molecular complexity index is 1690. The van der Waals surface area contributed by atoms with Gasteiger partial charge < -0.3 is 10.1 Å². The lowest BCUT2D eigenvalue weighted by molar-refractivity contribution is -0.167. The first-order chi connectivity index (χ1) is 18.5. The van der Waals surface area contributed by atoms with Gasteiger partial charge in [-0.1, -0.05) is 51.8 Å². The van der Waals surface area contributed by atoms with E-state index in [1.807, 2.05) is 0 Å². The molecular weight excluding hydrogens is 598 g/mol. The number of nitrogens with zero attached hydrogens (tertiary/aromatic N) is 3. The van der Waals surface area contributed by atoms with Crippen molar-refractivity contribution in [1.29, 1.82) is 0 Å². The van der Waals surface area contributed by atoms with Crippen LogP contribution in [0.2, 0.25) is 5.02 Å². The Morgan fingerprint density at radius 2 is 1.79 bits per heavy atom. The molecule has 0 radical (unpaired) electrons. The van der Waals surface area contributed by atoms with Crippen molar-refractivity contribution in [3.63, 3.8) is 0 Å². The number of halogens is 4. The number of benzene rings is 2. The van der Waals surface area contributed by atoms with Crippen LogP contribution in [0.25, 0.3) is 22.2 Å². The lowest BCUT2D eigenvalue weighted by Gasteiger charge is -2.25. The molecule has 8 nitrogen and oxygen atoms in total. The predicted molar refractivity (Wildman–Crippen MR) is 145 cm³/mol. The molecule has 0 aliphatic carbocycles. The van der Waals surface area contributed by atoms with Crippen LogP contribution in [-0.4, -0.2) is 43.6 Å². The van der Waals surface area contributed by atoms with Gasteiger partial charge in [-0.2, -0.15) is 13.9 Å². The van der Waals surface area contributed by atoms with E-state index in [9.17, 15) is 23.2 Å². The molecule has 2 aromatic heterocycles. The van der Waals surface area contributed by atoms with Crippen molar-refractivity contribution in [1.82, 2.24) is 15.0 Å². The number of aliphatic carboxylic acids is 1. The molecule has 0 spiro atoms. The maximum Gasteiger partial charge on any atom is 0.337 e. The van der Waals surface area contributed by atoms with Crippen molar-refractivity contribution in [2.75, 3.05) is 0 Å². The minimum absolute atomic E-state index is 0.0827. The molecule has 0 fully saturated rings. The minimum atomic E-state index is -4.23. The number of carbonyl (C=O) groups is 2. The smallest absolute Gasteiger partial charge is 0.337 e. The zero-order chi connectivity index (χ0) is 27.9. The monoisotopic (exact) mass is 614 g/mol. The van der Waals surface area contributed by atoms with Gasteiger partial charge in [0.25, 0.3) is 5.56 Å². The van der Waals surface area contributed by atoms with Gasteiger partial charge in [-0.05, 0) is 47.5 Å². The van der Waals surface area contributed by atoms with E-state index in [2.05, 4.69) is 31.0 Å². The molecule has 1 unspecified atom stereocenters. The molecule has 1 aliphatic rings. The highest BCUT2D eigenvalue weighted by molar-refractivity contribution is 9.10. The van der Waals surface area contributed by atoms with E-state index in [0.29, 0.717) is 37.8 Å². The highest BCUT2D eigenvalue weighted by atomic mass is 79.9. The van der Waals surface area contributed by atoms with Gasteiger partial charge in [-0.3, -0.25) is 14.4 Å². The number of amides is 1. The van der Waals surface area contributed by atoms with Crippen molar-refractivity contribution in [2.24, 2.45) is 5.10 Å². The fourth-order valence-corrected chi connectivity index (χ4v) is 4.93. The molecule has 1 aliphatic heterocycles. The maximum absolute atomic E-state index is 14.7. The lowest BCUT2D eigenvalue weighted by atomic mass is 9.91. The van der Waals surface area contributed by atoms with E-state index in [0.717, 1.165) is 4.47 Å². The quantitative estimate of drug-likeness (QED) is 0.285. The van der Waals surface area contributed by atoms with E-state index in [1.165, 1.54) is 18.3 Å². The Morgan fingerprint density at radius 3 is 2.46 bits per heavy atom. The third-order valence-electron chi connectivity index (χ3n) is 6.27. The van der Waals surface area contributed by atoms with Crippen LogP contribution in [0.3, 0.4) is 0 Å². The number of alkyl halides is 2. The van der Waals surface area contributed by atoms with Gasteiger partial charge in [0.15, 0.2) is 0 Å². The molecule has 0 bridgehead atoms. The van der Waals surface area contributed by atoms with Crippen molar-refractivity contribution in [2.45, 2.75) is 24.8 Å². The Balaban J connectivity index is 1.72. The number of hydrogen-bond acceptors (Lipinski definition) is 5. The summed E-state index contributed by atoms with van der Waals surface area (Å²) in [7, 11) is 0. The molecule has 5 rings (SSSR count). The van der Waals surface area contributed by atoms with Gasteiger partial charge in [0.1, 0.15) is 12.1 Å². The second-order valence-electron chi connectivity index (χ2n) is 8.85. The van der Waals surface area contributed by atoms with Gasteiger partial charge in [0.05, 0.1) is 17.3 Å². The Kier molecular flexibility index (Phi) is 7.04. The number of fused-ring (bicyclic) bond motifs is 1. The number of H-pyrrole nitrogens is 1. The molecule has 0 saturated carbocycles. The van der Waals surface area contributed by atoms with Crippen molar-refractivity contribution < 1.29 is 23.5 Å². The largest absolute Gasteiger partial charge is 0.481 e. The number of hydrazone groups is 1. The standard InChI is InChI=1S/C27H18BrClF2N4O4/c28-16-7-3-15(4-8-16)22-18-2-1-11-32-24(18)33-25(38)23(22)19-12-20(14-5-9-17(29)10-6-14)35(34-19)26(39)27(30,31)13-21(36)37/h1-11,20H,12-13H2,(H,36,37)(H,32,33,38). The topological polar surface area (TPSA) is 116 Å². The highest BCUT2D eigenvalue weighted by Crippen LogP contribution is 2.39. The Labute approximate surface area is 233 Å². The molecule has 1 amide bonds. The average Bonchev–Trinajstić information content (AvgIpc) is 3.32. The first-order valence-electron chi connectivity index (χ1n) is 11.6. The fourth-order valence-electron chi connectivity index (χ4n) is 4.54. The summed E-state index contributed by atoms with van der Waals surface area (Å²) in [5, 5.41) is 14.7. The Morgan fingerprint density at radius 1 is 1.10 bits per heavy atom. The molecule has 2 aromatic carbocycles. The number of pyridine rings is 2. The summed E-state index contributed by atoms with van der Waals surface area (Å²) in [6.45, 7) is 0. The van der Waals surface area contributed by atoms with E-state index in [1.54, 1.807) is 48.5 Å². The van der Waals surface area contributed by atoms with Crippen LogP contribution in [-0.2, 0) is 9.59 Å². The summed E-state index contributed by atoms with van der Waals surface area (Å²) in [5.74, 6) is -7.86. The molecule has 3 heterocycles. The predicted octanol–water partition coefficient (Wildman–Crippen LogP) is 5.79. The molecule has 198 valence electrons. The fraction of sp³-hybridized carbons (Fsp3) is 0.148. The summed E-state index contributed by atoms with van der Waals surface area (Å²) in [6, 6.07) is 15.8. The summed E-state index contributed by atoms with van der Waals surface area (Å²) in [4.78, 5) is 44.5. The molecular formula is C27H18BrClF2N4O4. The molecule has 39 heavy (non-hydrogen) atoms. The average molecular weight is 616 g/mol. The summed E-state index contributed by atoms with van der Waals surface area (Å²) < 4.78 is 30.3. The molecule has 1 atom stereocenters. The molecule has 4 aromatic rings. The zero-order valence-electron chi connectivity index (χ0n) is 19.9. The number of aromatic amines is 1. The number of carboxylic acids is 1. The third-order valence-corrected chi connectivity index (χ3v) is 7.05. The van der Waals surface area contributed by atoms with E-state index in [4.69, 9.17) is 16.7 Å². The number of hydrogen-bond donors (Lipinski definition) is 2. The van der Waals surface area contributed by atoms with Gasteiger partial charge in [-0.25, -0.2) is 9.99 Å². The number of nitrogens with one attached hydrogen (secondary N) is 1. The second kappa shape index (κ2) is 10.3. The molecule has 2 N–H and O–H groups in total. The molecule has 0 saturated heterocycles. The Hall–Kier alpha value is -3.96. The van der Waals surface area contributed by atoms with E-state index in [-0.39, 0.29) is 17.7 Å². The van der Waals surface area contributed by atoms with Gasteiger partial charge >= 0.3 is 17.8 Å². The van der Waals surface area contributed by atoms with Gasteiger partial charge in [0.2, 0.25) is 0 Å². The van der Waals surface area contributed by atoms with E-state index < -0.39 is 35.8 Å². The van der Waals surface area contributed by atoms with Crippen molar-refractivity contribution in [3.8, 4) is 11.1 Å². The number of aromatic nitrogens is 2. The highest BCUT2D eigenvalue weighted by Gasteiger charge is 2.49. The summed E-state index contributed by atoms with van der Waals surface area (Å²) in [6.07, 6.45) is -0.264. The van der Waals surface area contributed by atoms with Crippen LogP contribution in [0.4, 0.5) is 8.78 Å². The lowest BCUT2D eigenvalue weighted by Crippen LogP contribution is -2.42. The zero-order valence-corrected chi connectivity index (χ0v) is 22.2. The minimum Gasteiger partial charge on any atom is -0.481 e. The van der Waals surface area contributed by atoms with Crippen molar-refractivity contribution in [3.05, 3.63) is 97.8 Å². The van der Waals surface area contributed by atoms with Crippen molar-refractivity contribution >= 4 is 56.2 Å². The summed E-state index contributed by atoms with van der Waals surface area (Å²) >= 11 is 9.39. The van der Waals surface area contributed by atoms with Crippen LogP contribution >= 0.6 is 27.5 Å². The van der Waals surface area contributed by atoms with Gasteiger partial charge in [-0.15, -0.1) is 0 Å². The normalized spacial score (nSPS) is 15.4. The van der Waals surface area contributed by atoms with Crippen LogP contribution in [0.5, 0.6) is 0 Å². The first-order valence-corrected chi connectivity index (χ1v) is 12.8.